The molecule has 0 aliphatic rings. The van der Waals surface area contributed by atoms with Crippen LogP contribution in [0.15, 0.2) is 59.6 Å². The van der Waals surface area contributed by atoms with Gasteiger partial charge in [-0.2, -0.15) is 0 Å². The van der Waals surface area contributed by atoms with E-state index in [0.29, 0.717) is 34.1 Å². The van der Waals surface area contributed by atoms with Gasteiger partial charge in [-0.25, -0.2) is 27.2 Å². The van der Waals surface area contributed by atoms with Crippen LogP contribution in [0.5, 0.6) is 5.88 Å². The molecular formula is C22H19F2N5O3S. The van der Waals surface area contributed by atoms with Crippen LogP contribution in [0, 0.1) is 11.6 Å². The molecule has 0 unspecified atom stereocenters. The van der Waals surface area contributed by atoms with E-state index in [-0.39, 0.29) is 18.1 Å². The molecular weight excluding hydrogens is 452 g/mol. The molecule has 2 aromatic heterocycles. The Labute approximate surface area is 188 Å². The van der Waals surface area contributed by atoms with E-state index in [4.69, 9.17) is 16.2 Å². The van der Waals surface area contributed by atoms with Gasteiger partial charge in [0.1, 0.15) is 28.0 Å². The SMILES string of the molecule is COc1ncc(-c2ccc3nc(N)c(CN)cc3c2)cc1NS(=O)(=O)c1ccc(F)cc1F. The number of pyridine rings is 2. The molecule has 0 atom stereocenters. The van der Waals surface area contributed by atoms with Crippen molar-refractivity contribution in [2.45, 2.75) is 11.4 Å². The number of sulfonamides is 1. The van der Waals surface area contributed by atoms with E-state index in [1.54, 1.807) is 12.1 Å². The molecule has 170 valence electrons. The number of aromatic nitrogens is 2. The fourth-order valence-electron chi connectivity index (χ4n) is 3.32. The highest BCUT2D eigenvalue weighted by Crippen LogP contribution is 2.32. The molecule has 0 bridgehead atoms. The molecule has 0 spiro atoms. The molecule has 4 rings (SSSR count). The molecule has 11 heteroatoms. The van der Waals surface area contributed by atoms with Crippen LogP contribution in [-0.2, 0) is 16.6 Å². The number of rotatable bonds is 6. The normalized spacial score (nSPS) is 11.5. The number of nitrogens with two attached hydrogens (primary N) is 2. The highest BCUT2D eigenvalue weighted by atomic mass is 32.2. The first-order chi connectivity index (χ1) is 15.7. The highest BCUT2D eigenvalue weighted by Gasteiger charge is 2.22. The van der Waals surface area contributed by atoms with Crippen LogP contribution in [0.3, 0.4) is 0 Å². The molecule has 0 aliphatic heterocycles. The maximum Gasteiger partial charge on any atom is 0.264 e. The molecule has 5 N–H and O–H groups in total. The fraction of sp³-hybridized carbons (Fsp3) is 0.0909. The Morgan fingerprint density at radius 2 is 1.85 bits per heavy atom. The van der Waals surface area contributed by atoms with Gasteiger partial charge >= 0.3 is 0 Å². The highest BCUT2D eigenvalue weighted by molar-refractivity contribution is 7.92. The van der Waals surface area contributed by atoms with Crippen molar-refractivity contribution in [3.05, 3.63) is 71.9 Å². The van der Waals surface area contributed by atoms with Crippen LogP contribution in [0.2, 0.25) is 0 Å². The quantitative estimate of drug-likeness (QED) is 0.392. The number of nitrogen functional groups attached to an aromatic ring is 1. The lowest BCUT2D eigenvalue weighted by Gasteiger charge is -2.13. The van der Waals surface area contributed by atoms with Crippen LogP contribution >= 0.6 is 0 Å². The van der Waals surface area contributed by atoms with E-state index in [1.807, 2.05) is 12.1 Å². The van der Waals surface area contributed by atoms with Gasteiger partial charge in [0.2, 0.25) is 5.88 Å². The average molecular weight is 471 g/mol. The molecule has 0 saturated carbocycles. The van der Waals surface area contributed by atoms with Crippen molar-refractivity contribution < 1.29 is 21.9 Å². The van der Waals surface area contributed by atoms with E-state index < -0.39 is 26.6 Å². The van der Waals surface area contributed by atoms with Crippen molar-refractivity contribution in [1.82, 2.24) is 9.97 Å². The van der Waals surface area contributed by atoms with Gasteiger partial charge < -0.3 is 16.2 Å². The van der Waals surface area contributed by atoms with Gasteiger partial charge in [-0.1, -0.05) is 6.07 Å². The Bertz CT molecular complexity index is 1480. The number of methoxy groups -OCH3 is 1. The third kappa shape index (κ3) is 4.41. The average Bonchev–Trinajstić information content (AvgIpc) is 2.77. The summed E-state index contributed by atoms with van der Waals surface area (Å²) in [5, 5.41) is 0.786. The first-order valence-electron chi connectivity index (χ1n) is 9.63. The number of nitrogens with zero attached hydrogens (tertiary/aromatic N) is 2. The second kappa shape index (κ2) is 8.60. The topological polar surface area (TPSA) is 133 Å². The number of anilines is 2. The van der Waals surface area contributed by atoms with Crippen molar-refractivity contribution in [3.63, 3.8) is 0 Å². The Hall–Kier alpha value is -3.83. The summed E-state index contributed by atoms with van der Waals surface area (Å²) in [7, 11) is -3.07. The number of ether oxygens (including phenoxy) is 1. The second-order valence-electron chi connectivity index (χ2n) is 7.11. The zero-order valence-corrected chi connectivity index (χ0v) is 18.2. The van der Waals surface area contributed by atoms with Gasteiger partial charge in [0.25, 0.3) is 10.0 Å². The number of benzene rings is 2. The third-order valence-electron chi connectivity index (χ3n) is 4.95. The Morgan fingerprint density at radius 3 is 2.55 bits per heavy atom. The standard InChI is InChI=1S/C22H19F2N5O3S/c1-32-22-19(29-33(30,31)20-5-3-16(23)9-17(20)24)8-15(11-27-22)12-2-4-18-13(6-12)7-14(10-25)21(26)28-18/h2-9,11,29H,10,25H2,1H3,(H2,26,28). The van der Waals surface area contributed by atoms with Crippen molar-refractivity contribution in [2.24, 2.45) is 5.73 Å². The molecule has 0 saturated heterocycles. The summed E-state index contributed by atoms with van der Waals surface area (Å²) in [6.07, 6.45) is 1.50. The summed E-state index contributed by atoms with van der Waals surface area (Å²) in [6.45, 7) is 0.231. The summed E-state index contributed by atoms with van der Waals surface area (Å²) in [6, 6.07) is 10.9. The Balaban J connectivity index is 1.76. The zero-order chi connectivity index (χ0) is 23.8. The van der Waals surface area contributed by atoms with E-state index in [9.17, 15) is 17.2 Å². The molecule has 4 aromatic rings. The maximum atomic E-state index is 14.1. The molecule has 33 heavy (non-hydrogen) atoms. The summed E-state index contributed by atoms with van der Waals surface area (Å²) >= 11 is 0. The first-order valence-corrected chi connectivity index (χ1v) is 11.1. The molecule has 2 heterocycles. The maximum absolute atomic E-state index is 14.1. The minimum absolute atomic E-state index is 0.0168. The van der Waals surface area contributed by atoms with Crippen LogP contribution in [0.25, 0.3) is 22.0 Å². The van der Waals surface area contributed by atoms with Crippen molar-refractivity contribution in [3.8, 4) is 17.0 Å². The third-order valence-corrected chi connectivity index (χ3v) is 6.35. The lowest BCUT2D eigenvalue weighted by molar-refractivity contribution is 0.400. The fourth-order valence-corrected chi connectivity index (χ4v) is 4.43. The van der Waals surface area contributed by atoms with Gasteiger partial charge in [-0.05, 0) is 42.0 Å². The zero-order valence-electron chi connectivity index (χ0n) is 17.3. The van der Waals surface area contributed by atoms with Crippen molar-refractivity contribution in [1.29, 1.82) is 0 Å². The van der Waals surface area contributed by atoms with Crippen LogP contribution < -0.4 is 20.9 Å². The van der Waals surface area contributed by atoms with Crippen LogP contribution in [-0.4, -0.2) is 25.5 Å². The summed E-state index contributed by atoms with van der Waals surface area (Å²) in [4.78, 5) is 7.78. The summed E-state index contributed by atoms with van der Waals surface area (Å²) in [5.74, 6) is -1.78. The molecule has 8 nitrogen and oxygen atoms in total. The Kier molecular flexibility index (Phi) is 5.83. The molecule has 0 fully saturated rings. The minimum atomic E-state index is -4.39. The van der Waals surface area contributed by atoms with E-state index in [1.165, 1.54) is 19.4 Å². The number of hydrogen-bond donors (Lipinski definition) is 3. The molecule has 0 amide bonds. The summed E-state index contributed by atoms with van der Waals surface area (Å²) < 4.78 is 60.2. The summed E-state index contributed by atoms with van der Waals surface area (Å²) in [5.41, 5.74) is 14.2. The van der Waals surface area contributed by atoms with Gasteiger partial charge in [0, 0.05) is 35.3 Å². The lowest BCUT2D eigenvalue weighted by atomic mass is 10.0. The molecule has 0 aliphatic carbocycles. The number of hydrogen-bond acceptors (Lipinski definition) is 7. The smallest absolute Gasteiger partial charge is 0.264 e. The number of fused-ring (bicyclic) bond motifs is 1. The van der Waals surface area contributed by atoms with Crippen molar-refractivity contribution in [2.75, 3.05) is 17.6 Å². The van der Waals surface area contributed by atoms with E-state index >= 15 is 0 Å². The number of nitrogens with one attached hydrogen (secondary N) is 1. The van der Waals surface area contributed by atoms with Gasteiger partial charge in [-0.15, -0.1) is 0 Å². The van der Waals surface area contributed by atoms with Gasteiger partial charge in [0.05, 0.1) is 12.6 Å². The first kappa shape index (κ1) is 22.4. The Morgan fingerprint density at radius 1 is 1.06 bits per heavy atom. The largest absolute Gasteiger partial charge is 0.480 e. The van der Waals surface area contributed by atoms with Crippen molar-refractivity contribution >= 4 is 32.4 Å². The predicted molar refractivity (Wildman–Crippen MR) is 121 cm³/mol. The molecule has 2 aromatic carbocycles. The van der Waals surface area contributed by atoms with E-state index in [2.05, 4.69) is 14.7 Å². The molecule has 0 radical (unpaired) electrons. The van der Waals surface area contributed by atoms with E-state index in [0.717, 1.165) is 17.5 Å². The minimum Gasteiger partial charge on any atom is -0.480 e. The van der Waals surface area contributed by atoms with Crippen LogP contribution in [0.1, 0.15) is 5.56 Å². The van der Waals surface area contributed by atoms with Gasteiger partial charge in [0.15, 0.2) is 0 Å². The van der Waals surface area contributed by atoms with Gasteiger partial charge in [-0.3, -0.25) is 4.72 Å². The second-order valence-corrected chi connectivity index (χ2v) is 8.76. The monoisotopic (exact) mass is 471 g/mol. The van der Waals surface area contributed by atoms with Crippen LogP contribution in [0.4, 0.5) is 20.3 Å². The number of halogens is 2. The lowest BCUT2D eigenvalue weighted by Crippen LogP contribution is -2.15. The predicted octanol–water partition coefficient (Wildman–Crippen LogP) is 3.43.